The van der Waals surface area contributed by atoms with Gasteiger partial charge in [0.05, 0.1) is 9.82 Å². The summed E-state index contributed by atoms with van der Waals surface area (Å²) in [6, 6.07) is 15.0. The van der Waals surface area contributed by atoms with Gasteiger partial charge in [-0.25, -0.2) is 0 Å². The van der Waals surface area contributed by atoms with Crippen molar-refractivity contribution in [1.82, 2.24) is 15.8 Å². The van der Waals surface area contributed by atoms with E-state index < -0.39 is 16.7 Å². The van der Waals surface area contributed by atoms with E-state index in [-0.39, 0.29) is 11.3 Å². The number of thioether (sulfide) groups is 1. The van der Waals surface area contributed by atoms with Gasteiger partial charge in [0.15, 0.2) is 0 Å². The number of nitrogens with zero attached hydrogens (tertiary/aromatic N) is 2. The van der Waals surface area contributed by atoms with Gasteiger partial charge in [-0.1, -0.05) is 24.3 Å². The van der Waals surface area contributed by atoms with E-state index in [1.807, 2.05) is 31.2 Å². The number of nitro groups is 1. The van der Waals surface area contributed by atoms with Crippen LogP contribution in [0.15, 0.2) is 71.9 Å². The predicted molar refractivity (Wildman–Crippen MR) is 113 cm³/mol. The van der Waals surface area contributed by atoms with Gasteiger partial charge < -0.3 is 0 Å². The molecule has 2 aromatic carbocycles. The highest BCUT2D eigenvalue weighted by Gasteiger charge is 2.19. The van der Waals surface area contributed by atoms with Crippen molar-refractivity contribution in [3.8, 4) is 0 Å². The highest BCUT2D eigenvalue weighted by atomic mass is 32.2. The molecule has 0 saturated carbocycles. The normalized spacial score (nSPS) is 10.3. The first-order valence-corrected chi connectivity index (χ1v) is 9.90. The topological polar surface area (TPSA) is 114 Å². The molecule has 2 amide bonds. The number of hydrogen-bond acceptors (Lipinski definition) is 6. The van der Waals surface area contributed by atoms with Crippen molar-refractivity contribution in [2.24, 2.45) is 0 Å². The Morgan fingerprint density at radius 1 is 1.00 bits per heavy atom. The second kappa shape index (κ2) is 9.66. The maximum absolute atomic E-state index is 12.3. The average Bonchev–Trinajstić information content (AvgIpc) is 2.77. The van der Waals surface area contributed by atoms with Crippen LogP contribution >= 0.6 is 11.8 Å². The number of nitrogens with one attached hydrogen (secondary N) is 2. The maximum Gasteiger partial charge on any atom is 0.283 e. The SMILES string of the molecule is Cc1ccccc1CSc1ccc(C(=O)NNC(=O)c2ccncc2)cc1[N+](=O)[O-]. The lowest BCUT2D eigenvalue weighted by atomic mass is 10.1. The summed E-state index contributed by atoms with van der Waals surface area (Å²) in [5.74, 6) is -0.609. The fourth-order valence-corrected chi connectivity index (χ4v) is 3.69. The van der Waals surface area contributed by atoms with Crippen molar-refractivity contribution in [3.05, 3.63) is 99.4 Å². The molecule has 0 aliphatic carbocycles. The van der Waals surface area contributed by atoms with Crippen LogP contribution in [0.3, 0.4) is 0 Å². The summed E-state index contributed by atoms with van der Waals surface area (Å²) < 4.78 is 0. The number of amides is 2. The molecular weight excluding hydrogens is 404 g/mol. The Balaban J connectivity index is 1.69. The summed E-state index contributed by atoms with van der Waals surface area (Å²) in [4.78, 5) is 39.6. The number of nitro benzene ring substituents is 1. The zero-order valence-electron chi connectivity index (χ0n) is 16.0. The molecule has 0 aliphatic heterocycles. The number of aryl methyl sites for hydroxylation is 1. The summed E-state index contributed by atoms with van der Waals surface area (Å²) in [6.45, 7) is 1.98. The fraction of sp³-hybridized carbons (Fsp3) is 0.0952. The van der Waals surface area contributed by atoms with E-state index in [1.54, 1.807) is 6.07 Å². The van der Waals surface area contributed by atoms with Crippen LogP contribution in [0.4, 0.5) is 5.69 Å². The highest BCUT2D eigenvalue weighted by molar-refractivity contribution is 7.98. The van der Waals surface area contributed by atoms with E-state index in [0.717, 1.165) is 11.1 Å². The molecule has 1 heterocycles. The standard InChI is InChI=1S/C21H18N4O4S/c1-14-4-2-3-5-17(14)13-30-19-7-6-16(12-18(19)25(28)29)21(27)24-23-20(26)15-8-10-22-11-9-15/h2-12H,13H2,1H3,(H,23,26)(H,24,27). The lowest BCUT2D eigenvalue weighted by molar-refractivity contribution is -0.387. The van der Waals surface area contributed by atoms with Crippen LogP contribution in [-0.2, 0) is 5.75 Å². The number of carbonyl (C=O) groups excluding carboxylic acids is 2. The first-order chi connectivity index (χ1) is 14.5. The van der Waals surface area contributed by atoms with Crippen LogP contribution in [0.1, 0.15) is 31.8 Å². The third kappa shape index (κ3) is 5.21. The summed E-state index contributed by atoms with van der Waals surface area (Å²) in [7, 11) is 0. The fourth-order valence-electron chi connectivity index (χ4n) is 2.61. The smallest absolute Gasteiger partial charge is 0.267 e. The van der Waals surface area contributed by atoms with Crippen LogP contribution in [-0.4, -0.2) is 21.7 Å². The van der Waals surface area contributed by atoms with Crippen molar-refractivity contribution in [2.75, 3.05) is 0 Å². The molecule has 0 fully saturated rings. The number of hydrazine groups is 1. The molecule has 1 aromatic heterocycles. The minimum absolute atomic E-state index is 0.0666. The lowest BCUT2D eigenvalue weighted by Crippen LogP contribution is -2.41. The van der Waals surface area contributed by atoms with Crippen LogP contribution in [0.2, 0.25) is 0 Å². The molecule has 0 atom stereocenters. The minimum Gasteiger partial charge on any atom is -0.267 e. The molecule has 9 heteroatoms. The molecule has 3 aromatic rings. The van der Waals surface area contributed by atoms with E-state index in [1.165, 1.54) is 48.4 Å². The molecule has 0 aliphatic rings. The zero-order chi connectivity index (χ0) is 21.5. The Morgan fingerprint density at radius 3 is 2.33 bits per heavy atom. The summed E-state index contributed by atoms with van der Waals surface area (Å²) in [6.07, 6.45) is 2.90. The van der Waals surface area contributed by atoms with Gasteiger partial charge in [-0.2, -0.15) is 0 Å². The highest BCUT2D eigenvalue weighted by Crippen LogP contribution is 2.33. The zero-order valence-corrected chi connectivity index (χ0v) is 16.8. The number of carbonyl (C=O) groups is 2. The van der Waals surface area contributed by atoms with E-state index >= 15 is 0 Å². The molecule has 0 saturated heterocycles. The van der Waals surface area contributed by atoms with Gasteiger partial charge in [0, 0.05) is 35.3 Å². The van der Waals surface area contributed by atoms with E-state index in [9.17, 15) is 19.7 Å². The number of hydrogen-bond donors (Lipinski definition) is 2. The van der Waals surface area contributed by atoms with Crippen LogP contribution in [0.25, 0.3) is 0 Å². The van der Waals surface area contributed by atoms with Gasteiger partial charge in [0.2, 0.25) is 0 Å². The first kappa shape index (κ1) is 21.0. The van der Waals surface area contributed by atoms with Crippen LogP contribution in [0, 0.1) is 17.0 Å². The van der Waals surface area contributed by atoms with Gasteiger partial charge in [-0.05, 0) is 42.3 Å². The second-order valence-electron chi connectivity index (χ2n) is 6.30. The van der Waals surface area contributed by atoms with E-state index in [4.69, 9.17) is 0 Å². The number of aromatic nitrogens is 1. The minimum atomic E-state index is -0.657. The summed E-state index contributed by atoms with van der Waals surface area (Å²) >= 11 is 1.33. The molecule has 152 valence electrons. The average molecular weight is 422 g/mol. The van der Waals surface area contributed by atoms with Crippen molar-refractivity contribution in [2.45, 2.75) is 17.6 Å². The first-order valence-electron chi connectivity index (χ1n) is 8.92. The Hall–Kier alpha value is -3.72. The maximum atomic E-state index is 12.3. The van der Waals surface area contributed by atoms with Crippen molar-refractivity contribution >= 4 is 29.3 Å². The molecular formula is C21H18N4O4S. The quantitative estimate of drug-likeness (QED) is 0.356. The van der Waals surface area contributed by atoms with Gasteiger partial charge in [0.1, 0.15) is 0 Å². The molecule has 0 radical (unpaired) electrons. The Kier molecular flexibility index (Phi) is 6.76. The molecule has 0 spiro atoms. The third-order valence-electron chi connectivity index (χ3n) is 4.29. The Bertz CT molecular complexity index is 1090. The Morgan fingerprint density at radius 2 is 1.67 bits per heavy atom. The van der Waals surface area contributed by atoms with Crippen molar-refractivity contribution < 1.29 is 14.5 Å². The summed E-state index contributed by atoms with van der Waals surface area (Å²) in [5, 5.41) is 11.5. The van der Waals surface area contributed by atoms with Gasteiger partial charge in [-0.15, -0.1) is 11.8 Å². The molecule has 0 bridgehead atoms. The third-order valence-corrected chi connectivity index (χ3v) is 5.41. The monoisotopic (exact) mass is 422 g/mol. The van der Waals surface area contributed by atoms with Crippen LogP contribution in [0.5, 0.6) is 0 Å². The van der Waals surface area contributed by atoms with Crippen molar-refractivity contribution in [3.63, 3.8) is 0 Å². The Labute approximate surface area is 176 Å². The molecule has 8 nitrogen and oxygen atoms in total. The molecule has 0 unspecified atom stereocenters. The predicted octanol–water partition coefficient (Wildman–Crippen LogP) is 3.67. The lowest BCUT2D eigenvalue weighted by Gasteiger charge is -2.09. The van der Waals surface area contributed by atoms with Gasteiger partial charge in [-0.3, -0.25) is 35.5 Å². The largest absolute Gasteiger partial charge is 0.283 e. The number of rotatable bonds is 6. The van der Waals surface area contributed by atoms with E-state index in [2.05, 4.69) is 15.8 Å². The number of pyridine rings is 1. The van der Waals surface area contributed by atoms with Gasteiger partial charge in [0.25, 0.3) is 17.5 Å². The summed E-state index contributed by atoms with van der Waals surface area (Å²) in [5.41, 5.74) is 6.94. The van der Waals surface area contributed by atoms with Gasteiger partial charge >= 0.3 is 0 Å². The van der Waals surface area contributed by atoms with E-state index in [0.29, 0.717) is 16.2 Å². The molecule has 30 heavy (non-hydrogen) atoms. The number of benzene rings is 2. The van der Waals surface area contributed by atoms with Crippen LogP contribution < -0.4 is 10.9 Å². The molecule has 3 rings (SSSR count). The molecule has 2 N–H and O–H groups in total. The van der Waals surface area contributed by atoms with Crippen molar-refractivity contribution in [1.29, 1.82) is 0 Å². The second-order valence-corrected chi connectivity index (χ2v) is 7.32.